The van der Waals surface area contributed by atoms with Gasteiger partial charge < -0.3 is 19.7 Å². The van der Waals surface area contributed by atoms with Crippen molar-refractivity contribution < 1.29 is 19.1 Å². The second-order valence-electron chi connectivity index (χ2n) is 5.75. The van der Waals surface area contributed by atoms with Gasteiger partial charge in [-0.1, -0.05) is 0 Å². The largest absolute Gasteiger partial charge is 0.480 e. The van der Waals surface area contributed by atoms with E-state index in [1.807, 2.05) is 6.26 Å². The zero-order valence-electron chi connectivity index (χ0n) is 14.7. The van der Waals surface area contributed by atoms with Crippen LogP contribution in [0.4, 0.5) is 0 Å². The summed E-state index contributed by atoms with van der Waals surface area (Å²) in [6.07, 6.45) is 6.17. The van der Waals surface area contributed by atoms with Gasteiger partial charge in [-0.15, -0.1) is 0 Å². The predicted octanol–water partition coefficient (Wildman–Crippen LogP) is 0.723. The number of hydrogen-bond donors (Lipinski definition) is 1. The van der Waals surface area contributed by atoms with E-state index in [9.17, 15) is 9.59 Å². The van der Waals surface area contributed by atoms with Gasteiger partial charge in [-0.2, -0.15) is 16.7 Å². The van der Waals surface area contributed by atoms with Crippen LogP contribution in [0.1, 0.15) is 19.8 Å². The zero-order chi connectivity index (χ0) is 18.2. The highest BCUT2D eigenvalue weighted by atomic mass is 32.2. The molecule has 25 heavy (non-hydrogen) atoms. The molecule has 0 aliphatic carbocycles. The molecule has 0 aromatic carbocycles. The van der Waals surface area contributed by atoms with E-state index in [1.165, 1.54) is 26.4 Å². The van der Waals surface area contributed by atoms with E-state index in [0.29, 0.717) is 37.7 Å². The standard InChI is InChI=1S/C16H24N4O4S/c1-11(21)18-13(5-7-25-3)16(22)20-6-4-12(10-20)24-15-9-17-8-14(19-15)23-2/h8-9,12-13H,4-7,10H2,1-3H3,(H,18,21). The number of nitrogens with one attached hydrogen (secondary N) is 1. The smallest absolute Gasteiger partial charge is 0.245 e. The molecule has 0 radical (unpaired) electrons. The summed E-state index contributed by atoms with van der Waals surface area (Å²) in [6.45, 7) is 2.49. The minimum Gasteiger partial charge on any atom is -0.480 e. The first-order valence-corrected chi connectivity index (χ1v) is 9.50. The molecule has 8 nitrogen and oxygen atoms in total. The lowest BCUT2D eigenvalue weighted by atomic mass is 10.2. The Labute approximate surface area is 151 Å². The fourth-order valence-corrected chi connectivity index (χ4v) is 3.11. The topological polar surface area (TPSA) is 93.7 Å². The number of hydrogen-bond acceptors (Lipinski definition) is 7. The highest BCUT2D eigenvalue weighted by Gasteiger charge is 2.32. The molecule has 2 unspecified atom stereocenters. The summed E-state index contributed by atoms with van der Waals surface area (Å²) in [5.41, 5.74) is 0. The molecule has 2 atom stereocenters. The van der Waals surface area contributed by atoms with Crippen molar-refractivity contribution in [2.45, 2.75) is 31.9 Å². The monoisotopic (exact) mass is 368 g/mol. The fraction of sp³-hybridized carbons (Fsp3) is 0.625. The maximum Gasteiger partial charge on any atom is 0.245 e. The molecule has 1 aliphatic rings. The summed E-state index contributed by atoms with van der Waals surface area (Å²) in [7, 11) is 1.51. The molecule has 2 rings (SSSR count). The number of amides is 2. The normalized spacial score (nSPS) is 17.9. The maximum absolute atomic E-state index is 12.7. The van der Waals surface area contributed by atoms with Gasteiger partial charge in [-0.05, 0) is 18.4 Å². The predicted molar refractivity (Wildman–Crippen MR) is 94.8 cm³/mol. The van der Waals surface area contributed by atoms with Crippen molar-refractivity contribution in [2.75, 3.05) is 32.2 Å². The Balaban J connectivity index is 1.93. The molecule has 1 aromatic heterocycles. The van der Waals surface area contributed by atoms with E-state index in [2.05, 4.69) is 15.3 Å². The number of ether oxygens (including phenoxy) is 2. The Bertz CT molecular complexity index is 601. The van der Waals surface area contributed by atoms with Gasteiger partial charge >= 0.3 is 0 Å². The van der Waals surface area contributed by atoms with Crippen LogP contribution >= 0.6 is 11.8 Å². The van der Waals surface area contributed by atoms with Crippen LogP contribution in [0.25, 0.3) is 0 Å². The van der Waals surface area contributed by atoms with Crippen molar-refractivity contribution in [1.29, 1.82) is 0 Å². The second-order valence-corrected chi connectivity index (χ2v) is 6.73. The first-order valence-electron chi connectivity index (χ1n) is 8.11. The summed E-state index contributed by atoms with van der Waals surface area (Å²) in [4.78, 5) is 34.0. The minimum atomic E-state index is -0.486. The van der Waals surface area contributed by atoms with Gasteiger partial charge in [0, 0.05) is 19.9 Å². The Morgan fingerprint density at radius 2 is 2.20 bits per heavy atom. The van der Waals surface area contributed by atoms with Gasteiger partial charge in [0.15, 0.2) is 0 Å². The van der Waals surface area contributed by atoms with Crippen molar-refractivity contribution in [1.82, 2.24) is 20.2 Å². The quantitative estimate of drug-likeness (QED) is 0.723. The van der Waals surface area contributed by atoms with Crippen LogP contribution in [0.5, 0.6) is 11.8 Å². The molecule has 0 bridgehead atoms. The number of carbonyl (C=O) groups is 2. The van der Waals surface area contributed by atoms with Crippen LogP contribution < -0.4 is 14.8 Å². The Hall–Kier alpha value is -2.03. The Morgan fingerprint density at radius 1 is 1.44 bits per heavy atom. The number of aromatic nitrogens is 2. The van der Waals surface area contributed by atoms with E-state index in [1.54, 1.807) is 16.7 Å². The summed E-state index contributed by atoms with van der Waals surface area (Å²) in [6, 6.07) is -0.486. The average molecular weight is 368 g/mol. The van der Waals surface area contributed by atoms with Crippen molar-refractivity contribution in [3.8, 4) is 11.8 Å². The molecule has 1 aromatic rings. The SMILES string of the molecule is COc1cncc(OC2CCN(C(=O)C(CCSC)NC(C)=O)C2)n1. The van der Waals surface area contributed by atoms with Gasteiger partial charge in [0.05, 0.1) is 26.0 Å². The summed E-state index contributed by atoms with van der Waals surface area (Å²) in [5.74, 6) is 1.31. The van der Waals surface area contributed by atoms with Crippen molar-refractivity contribution >= 4 is 23.6 Å². The number of rotatable bonds is 8. The van der Waals surface area contributed by atoms with E-state index in [-0.39, 0.29) is 17.9 Å². The molecular weight excluding hydrogens is 344 g/mol. The van der Waals surface area contributed by atoms with E-state index in [0.717, 1.165) is 5.75 Å². The molecule has 2 amide bonds. The maximum atomic E-state index is 12.7. The number of methoxy groups -OCH3 is 1. The number of likely N-dealkylation sites (tertiary alicyclic amines) is 1. The summed E-state index contributed by atoms with van der Waals surface area (Å²) >= 11 is 1.65. The molecule has 9 heteroatoms. The number of carbonyl (C=O) groups excluding carboxylic acids is 2. The lowest BCUT2D eigenvalue weighted by Gasteiger charge is -2.24. The molecular formula is C16H24N4O4S. The zero-order valence-corrected chi connectivity index (χ0v) is 15.5. The molecule has 1 fully saturated rings. The van der Waals surface area contributed by atoms with Gasteiger partial charge in [0.25, 0.3) is 0 Å². The van der Waals surface area contributed by atoms with E-state index >= 15 is 0 Å². The van der Waals surface area contributed by atoms with Crippen LogP contribution in [-0.2, 0) is 9.59 Å². The van der Waals surface area contributed by atoms with Crippen LogP contribution in [-0.4, -0.2) is 71.0 Å². The molecule has 0 saturated carbocycles. The highest BCUT2D eigenvalue weighted by Crippen LogP contribution is 2.19. The third-order valence-corrected chi connectivity index (χ3v) is 4.47. The van der Waals surface area contributed by atoms with Gasteiger partial charge in [0.1, 0.15) is 12.1 Å². The first kappa shape index (κ1) is 19.3. The molecule has 0 spiro atoms. The van der Waals surface area contributed by atoms with E-state index in [4.69, 9.17) is 9.47 Å². The summed E-state index contributed by atoms with van der Waals surface area (Å²) < 4.78 is 10.8. The third kappa shape index (κ3) is 5.77. The number of thioether (sulfide) groups is 1. The lowest BCUT2D eigenvalue weighted by molar-refractivity contribution is -0.135. The fourth-order valence-electron chi connectivity index (χ4n) is 2.64. The van der Waals surface area contributed by atoms with E-state index < -0.39 is 6.04 Å². The van der Waals surface area contributed by atoms with Crippen LogP contribution in [0, 0.1) is 0 Å². The molecule has 1 N–H and O–H groups in total. The highest BCUT2D eigenvalue weighted by molar-refractivity contribution is 7.98. The molecule has 1 saturated heterocycles. The van der Waals surface area contributed by atoms with Crippen molar-refractivity contribution in [3.63, 3.8) is 0 Å². The average Bonchev–Trinajstić information content (AvgIpc) is 3.06. The van der Waals surface area contributed by atoms with Crippen LogP contribution in [0.15, 0.2) is 12.4 Å². The number of nitrogens with zero attached hydrogens (tertiary/aromatic N) is 3. The molecule has 1 aliphatic heterocycles. The van der Waals surface area contributed by atoms with Gasteiger partial charge in [0.2, 0.25) is 23.6 Å². The van der Waals surface area contributed by atoms with Crippen molar-refractivity contribution in [3.05, 3.63) is 12.4 Å². The van der Waals surface area contributed by atoms with Gasteiger partial charge in [-0.25, -0.2) is 0 Å². The first-order chi connectivity index (χ1) is 12.0. The second kappa shape index (κ2) is 9.45. The van der Waals surface area contributed by atoms with Crippen LogP contribution in [0.3, 0.4) is 0 Å². The molecule has 138 valence electrons. The lowest BCUT2D eigenvalue weighted by Crippen LogP contribution is -2.48. The third-order valence-electron chi connectivity index (χ3n) is 3.83. The Morgan fingerprint density at radius 3 is 2.88 bits per heavy atom. The minimum absolute atomic E-state index is 0.0629. The Kier molecular flexibility index (Phi) is 7.30. The summed E-state index contributed by atoms with van der Waals surface area (Å²) in [5, 5.41) is 2.75. The van der Waals surface area contributed by atoms with Crippen LogP contribution in [0.2, 0.25) is 0 Å². The molecule has 2 heterocycles. The van der Waals surface area contributed by atoms with Gasteiger partial charge in [-0.3, -0.25) is 14.6 Å². The van der Waals surface area contributed by atoms with Crippen molar-refractivity contribution in [2.24, 2.45) is 0 Å².